The van der Waals surface area contributed by atoms with Gasteiger partial charge in [0.15, 0.2) is 0 Å². The number of anilines is 2. The van der Waals surface area contributed by atoms with Crippen molar-refractivity contribution in [3.63, 3.8) is 0 Å². The van der Waals surface area contributed by atoms with Crippen LogP contribution in [-0.2, 0) is 4.79 Å². The van der Waals surface area contributed by atoms with Crippen LogP contribution < -0.4 is 10.2 Å². The van der Waals surface area contributed by atoms with Gasteiger partial charge in [-0.1, -0.05) is 12.6 Å². The lowest BCUT2D eigenvalue weighted by Gasteiger charge is -2.35. The van der Waals surface area contributed by atoms with Gasteiger partial charge in [-0.25, -0.2) is 0 Å². The van der Waals surface area contributed by atoms with E-state index in [0.29, 0.717) is 18.8 Å². The average molecular weight is 367 g/mol. The van der Waals surface area contributed by atoms with Crippen molar-refractivity contribution >= 4 is 23.2 Å². The van der Waals surface area contributed by atoms with Gasteiger partial charge in [-0.2, -0.15) is 5.10 Å². The summed E-state index contributed by atoms with van der Waals surface area (Å²) < 4.78 is 1.70. The first kappa shape index (κ1) is 18.7. The molecule has 7 nitrogen and oxygen atoms in total. The van der Waals surface area contributed by atoms with E-state index in [0.717, 1.165) is 24.5 Å². The quantitative estimate of drug-likeness (QED) is 0.825. The van der Waals surface area contributed by atoms with Crippen molar-refractivity contribution in [2.45, 2.75) is 19.9 Å². The van der Waals surface area contributed by atoms with Crippen molar-refractivity contribution in [2.24, 2.45) is 0 Å². The van der Waals surface area contributed by atoms with Gasteiger partial charge in [0.1, 0.15) is 5.69 Å². The maximum absolute atomic E-state index is 12.6. The molecule has 27 heavy (non-hydrogen) atoms. The summed E-state index contributed by atoms with van der Waals surface area (Å²) in [5.41, 5.74) is 2.29. The zero-order chi connectivity index (χ0) is 19.4. The summed E-state index contributed by atoms with van der Waals surface area (Å²) in [5.74, 6) is -0.211. The fourth-order valence-electron chi connectivity index (χ4n) is 3.20. The molecule has 0 radical (unpaired) electrons. The summed E-state index contributed by atoms with van der Waals surface area (Å²) in [6.07, 6.45) is 2.99. The number of nitrogens with one attached hydrogen (secondary N) is 1. The van der Waals surface area contributed by atoms with E-state index in [1.54, 1.807) is 21.8 Å². The van der Waals surface area contributed by atoms with Gasteiger partial charge in [-0.05, 0) is 44.2 Å². The molecule has 0 spiro atoms. The van der Waals surface area contributed by atoms with E-state index >= 15 is 0 Å². The Kier molecular flexibility index (Phi) is 5.59. The maximum atomic E-state index is 12.6. The Morgan fingerprint density at radius 1 is 1.19 bits per heavy atom. The van der Waals surface area contributed by atoms with E-state index in [4.69, 9.17) is 0 Å². The second kappa shape index (κ2) is 8.07. The molecule has 2 heterocycles. The summed E-state index contributed by atoms with van der Waals surface area (Å²) in [6.45, 7) is 10.3. The first-order valence-electron chi connectivity index (χ1n) is 9.11. The van der Waals surface area contributed by atoms with Crippen molar-refractivity contribution in [2.75, 3.05) is 36.4 Å². The topological polar surface area (TPSA) is 70.5 Å². The molecule has 3 rings (SSSR count). The Bertz CT molecular complexity index is 834. The highest BCUT2D eigenvalue weighted by molar-refractivity contribution is 6.03. The molecule has 1 aromatic heterocycles. The van der Waals surface area contributed by atoms with Gasteiger partial charge in [0.2, 0.25) is 5.91 Å². The number of carbonyl (C=O) groups is 2. The maximum Gasteiger partial charge on any atom is 0.273 e. The second-order valence-corrected chi connectivity index (χ2v) is 6.78. The number of benzene rings is 1. The molecular weight excluding hydrogens is 342 g/mol. The molecule has 0 atom stereocenters. The van der Waals surface area contributed by atoms with Crippen molar-refractivity contribution in [3.05, 3.63) is 54.9 Å². The number of hydrogen-bond acceptors (Lipinski definition) is 4. The zero-order valence-corrected chi connectivity index (χ0v) is 15.8. The van der Waals surface area contributed by atoms with E-state index in [-0.39, 0.29) is 17.9 Å². The first-order valence-corrected chi connectivity index (χ1v) is 9.11. The summed E-state index contributed by atoms with van der Waals surface area (Å²) in [5, 5.41) is 7.16. The Labute approximate surface area is 159 Å². The molecule has 0 saturated carbocycles. The Balaban J connectivity index is 1.67. The van der Waals surface area contributed by atoms with E-state index in [1.165, 1.54) is 6.08 Å². The molecular formula is C20H25N5O2. The van der Waals surface area contributed by atoms with Gasteiger partial charge in [0, 0.05) is 49.8 Å². The van der Waals surface area contributed by atoms with Gasteiger partial charge in [-0.15, -0.1) is 0 Å². The summed E-state index contributed by atoms with van der Waals surface area (Å²) in [6, 6.07) is 9.59. The number of aromatic nitrogens is 2. The Morgan fingerprint density at radius 2 is 1.93 bits per heavy atom. The molecule has 1 saturated heterocycles. The van der Waals surface area contributed by atoms with Crippen LogP contribution in [0.3, 0.4) is 0 Å². The number of hydrogen-bond donors (Lipinski definition) is 1. The minimum atomic E-state index is -0.181. The molecule has 7 heteroatoms. The third-order valence-corrected chi connectivity index (χ3v) is 4.63. The lowest BCUT2D eigenvalue weighted by Crippen LogP contribution is -2.48. The lowest BCUT2D eigenvalue weighted by atomic mass is 10.2. The van der Waals surface area contributed by atoms with Crippen LogP contribution in [0.1, 0.15) is 30.4 Å². The molecule has 2 aromatic rings. The van der Waals surface area contributed by atoms with Crippen LogP contribution in [0.25, 0.3) is 0 Å². The van der Waals surface area contributed by atoms with Crippen LogP contribution in [-0.4, -0.2) is 52.7 Å². The second-order valence-electron chi connectivity index (χ2n) is 6.78. The molecule has 1 aliphatic rings. The largest absolute Gasteiger partial charge is 0.368 e. The Hall–Kier alpha value is -3.09. The van der Waals surface area contributed by atoms with Crippen LogP contribution in [0, 0.1) is 0 Å². The van der Waals surface area contributed by atoms with Crippen LogP contribution in [0.2, 0.25) is 0 Å². The minimum absolute atomic E-state index is 0.0302. The fourth-order valence-corrected chi connectivity index (χ4v) is 3.20. The standard InChI is InChI=1S/C20H25N5O2/c1-4-19(26)24-12-10-23(11-13-24)17-7-5-6-16(14-17)22-20(27)18-8-9-21-25(18)15(2)3/h4-9,14-15H,1,10-13H2,2-3H3,(H,22,27). The van der Waals surface area contributed by atoms with Crippen LogP contribution >= 0.6 is 0 Å². The number of piperazine rings is 1. The highest BCUT2D eigenvalue weighted by Crippen LogP contribution is 2.22. The molecule has 1 aromatic carbocycles. The molecule has 0 aliphatic carbocycles. The minimum Gasteiger partial charge on any atom is -0.368 e. The molecule has 1 fully saturated rings. The molecule has 142 valence electrons. The van der Waals surface area contributed by atoms with Crippen molar-refractivity contribution < 1.29 is 9.59 Å². The van der Waals surface area contributed by atoms with E-state index in [2.05, 4.69) is 21.9 Å². The number of rotatable bonds is 5. The Morgan fingerprint density at radius 3 is 2.59 bits per heavy atom. The predicted octanol–water partition coefficient (Wildman–Crippen LogP) is 2.55. The third kappa shape index (κ3) is 4.19. The van der Waals surface area contributed by atoms with Gasteiger partial charge < -0.3 is 15.1 Å². The third-order valence-electron chi connectivity index (χ3n) is 4.63. The highest BCUT2D eigenvalue weighted by Gasteiger charge is 2.20. The normalized spacial score (nSPS) is 14.3. The summed E-state index contributed by atoms with van der Waals surface area (Å²) in [4.78, 5) is 28.3. The van der Waals surface area contributed by atoms with Crippen LogP contribution in [0.15, 0.2) is 49.2 Å². The number of nitrogens with zero attached hydrogens (tertiary/aromatic N) is 4. The van der Waals surface area contributed by atoms with Crippen LogP contribution in [0.4, 0.5) is 11.4 Å². The van der Waals surface area contributed by atoms with Crippen LogP contribution in [0.5, 0.6) is 0 Å². The van der Waals surface area contributed by atoms with Gasteiger partial charge in [-0.3, -0.25) is 14.3 Å². The summed E-state index contributed by atoms with van der Waals surface area (Å²) >= 11 is 0. The molecule has 2 amide bonds. The number of amides is 2. The molecule has 0 unspecified atom stereocenters. The predicted molar refractivity (Wildman–Crippen MR) is 106 cm³/mol. The van der Waals surface area contributed by atoms with Crippen molar-refractivity contribution in [1.29, 1.82) is 0 Å². The van der Waals surface area contributed by atoms with Gasteiger partial charge in [0.25, 0.3) is 5.91 Å². The van der Waals surface area contributed by atoms with E-state index in [9.17, 15) is 9.59 Å². The molecule has 0 bridgehead atoms. The molecule has 1 N–H and O–H groups in total. The SMILES string of the molecule is C=CC(=O)N1CCN(c2cccc(NC(=O)c3ccnn3C(C)C)c2)CC1. The highest BCUT2D eigenvalue weighted by atomic mass is 16.2. The van der Waals surface area contributed by atoms with E-state index < -0.39 is 0 Å². The van der Waals surface area contributed by atoms with Crippen molar-refractivity contribution in [3.8, 4) is 0 Å². The number of carbonyl (C=O) groups excluding carboxylic acids is 2. The zero-order valence-electron chi connectivity index (χ0n) is 15.8. The van der Waals surface area contributed by atoms with E-state index in [1.807, 2.05) is 38.1 Å². The van der Waals surface area contributed by atoms with Crippen molar-refractivity contribution in [1.82, 2.24) is 14.7 Å². The lowest BCUT2D eigenvalue weighted by molar-refractivity contribution is -0.126. The molecule has 1 aliphatic heterocycles. The van der Waals surface area contributed by atoms with Gasteiger partial charge in [0.05, 0.1) is 0 Å². The summed E-state index contributed by atoms with van der Waals surface area (Å²) in [7, 11) is 0. The first-order chi connectivity index (χ1) is 13.0. The fraction of sp³-hybridized carbons (Fsp3) is 0.350. The van der Waals surface area contributed by atoms with Gasteiger partial charge >= 0.3 is 0 Å². The monoisotopic (exact) mass is 367 g/mol. The smallest absolute Gasteiger partial charge is 0.273 e. The average Bonchev–Trinajstić information content (AvgIpc) is 3.18.